The second kappa shape index (κ2) is 8.44. The van der Waals surface area contributed by atoms with Crippen molar-refractivity contribution >= 4 is 31.9 Å². The minimum Gasteiger partial charge on any atom is -0.383 e. The number of halogens is 1. The Morgan fingerprint density at radius 2 is 2.00 bits per heavy atom. The second-order valence-electron chi connectivity index (χ2n) is 4.18. The Labute approximate surface area is 132 Å². The molecule has 0 spiro atoms. The summed E-state index contributed by atoms with van der Waals surface area (Å²) in [5, 5.41) is 3.02. The number of nitrogens with two attached hydrogens (primary N) is 1. The Balaban J connectivity index is 2.68. The summed E-state index contributed by atoms with van der Waals surface area (Å²) in [6, 6.07) is 4.12. The number of carbonyl (C=O) groups excluding carboxylic acids is 1. The number of nitrogens with one attached hydrogen (secondary N) is 2. The van der Waals surface area contributed by atoms with Crippen LogP contribution in [0.15, 0.2) is 27.6 Å². The molecule has 0 unspecified atom stereocenters. The number of methoxy groups -OCH3 is 1. The van der Waals surface area contributed by atoms with Gasteiger partial charge >= 0.3 is 0 Å². The lowest BCUT2D eigenvalue weighted by atomic mass is 10.2. The third-order valence-corrected chi connectivity index (χ3v) is 4.44. The van der Waals surface area contributed by atoms with Crippen molar-refractivity contribution in [3.63, 3.8) is 0 Å². The van der Waals surface area contributed by atoms with Crippen LogP contribution in [0.5, 0.6) is 0 Å². The van der Waals surface area contributed by atoms with Crippen molar-refractivity contribution < 1.29 is 17.9 Å². The standard InChI is InChI=1S/C12H18BrN3O4S/c1-20-5-4-15-2-3-16-21(18,19)11-7-9(12(14)17)6-10(13)8-11/h6-8,15-16H,2-5H2,1H3,(H2,14,17). The maximum atomic E-state index is 12.1. The lowest BCUT2D eigenvalue weighted by molar-refractivity contribution is 0.1000. The van der Waals surface area contributed by atoms with E-state index in [2.05, 4.69) is 26.0 Å². The summed E-state index contributed by atoms with van der Waals surface area (Å²) in [5.74, 6) is -0.686. The van der Waals surface area contributed by atoms with Gasteiger partial charge in [0, 0.05) is 36.8 Å². The van der Waals surface area contributed by atoms with Crippen LogP contribution in [-0.2, 0) is 14.8 Å². The molecule has 9 heteroatoms. The van der Waals surface area contributed by atoms with Gasteiger partial charge in [0.1, 0.15) is 0 Å². The van der Waals surface area contributed by atoms with Crippen molar-refractivity contribution in [1.82, 2.24) is 10.0 Å². The molecule has 0 aliphatic rings. The molecule has 7 nitrogen and oxygen atoms in total. The Kier molecular flexibility index (Phi) is 7.26. The molecule has 0 radical (unpaired) electrons. The fraction of sp³-hybridized carbons (Fsp3) is 0.417. The second-order valence-corrected chi connectivity index (χ2v) is 6.86. The SMILES string of the molecule is COCCNCCNS(=O)(=O)c1cc(Br)cc(C(N)=O)c1. The fourth-order valence-electron chi connectivity index (χ4n) is 1.52. The molecule has 0 aliphatic carbocycles. The van der Waals surface area contributed by atoms with E-state index < -0.39 is 15.9 Å². The van der Waals surface area contributed by atoms with Crippen molar-refractivity contribution in [2.75, 3.05) is 33.4 Å². The summed E-state index contributed by atoms with van der Waals surface area (Å²) >= 11 is 3.16. The number of hydrogen-bond acceptors (Lipinski definition) is 5. The number of ether oxygens (including phenoxy) is 1. The number of amides is 1. The molecule has 1 amide bonds. The van der Waals surface area contributed by atoms with Gasteiger partial charge in [-0.3, -0.25) is 4.79 Å². The molecule has 0 saturated heterocycles. The highest BCUT2D eigenvalue weighted by atomic mass is 79.9. The van der Waals surface area contributed by atoms with E-state index in [1.807, 2.05) is 0 Å². The monoisotopic (exact) mass is 379 g/mol. The largest absolute Gasteiger partial charge is 0.383 e. The summed E-state index contributed by atoms with van der Waals surface area (Å²) in [5.41, 5.74) is 5.29. The molecule has 1 aromatic rings. The van der Waals surface area contributed by atoms with Gasteiger partial charge in [0.2, 0.25) is 15.9 Å². The molecule has 1 rings (SSSR count). The topological polar surface area (TPSA) is 111 Å². The summed E-state index contributed by atoms with van der Waals surface area (Å²) in [6.45, 7) is 1.89. The van der Waals surface area contributed by atoms with Crippen LogP contribution in [0.2, 0.25) is 0 Å². The predicted octanol–water partition coefficient (Wildman–Crippen LogP) is 0.0623. The first-order chi connectivity index (χ1) is 9.86. The van der Waals surface area contributed by atoms with Crippen molar-refractivity contribution in [2.45, 2.75) is 4.90 Å². The molecule has 118 valence electrons. The molecule has 0 bridgehead atoms. The molecule has 0 atom stereocenters. The quantitative estimate of drug-likeness (QED) is 0.525. The van der Waals surface area contributed by atoms with E-state index in [0.29, 0.717) is 24.2 Å². The van der Waals surface area contributed by atoms with E-state index in [9.17, 15) is 13.2 Å². The third-order valence-electron chi connectivity index (χ3n) is 2.54. The molecule has 0 fully saturated rings. The van der Waals surface area contributed by atoms with Gasteiger partial charge in [0.05, 0.1) is 11.5 Å². The molecule has 0 saturated carbocycles. The number of hydrogen-bond donors (Lipinski definition) is 3. The maximum absolute atomic E-state index is 12.1. The van der Waals surface area contributed by atoms with Crippen molar-refractivity contribution in [3.05, 3.63) is 28.2 Å². The first-order valence-corrected chi connectivity index (χ1v) is 8.44. The van der Waals surface area contributed by atoms with Gasteiger partial charge in [-0.05, 0) is 18.2 Å². The van der Waals surface area contributed by atoms with Crippen LogP contribution in [0.4, 0.5) is 0 Å². The smallest absolute Gasteiger partial charge is 0.248 e. The number of benzene rings is 1. The summed E-state index contributed by atoms with van der Waals surface area (Å²) in [4.78, 5) is 11.1. The Hall–Kier alpha value is -1.00. The van der Waals surface area contributed by atoms with E-state index in [4.69, 9.17) is 10.5 Å². The van der Waals surface area contributed by atoms with E-state index in [1.54, 1.807) is 7.11 Å². The lowest BCUT2D eigenvalue weighted by Gasteiger charge is -2.09. The van der Waals surface area contributed by atoms with Crippen LogP contribution >= 0.6 is 15.9 Å². The molecule has 1 aromatic carbocycles. The zero-order chi connectivity index (χ0) is 15.9. The van der Waals surface area contributed by atoms with Gasteiger partial charge in [-0.1, -0.05) is 15.9 Å². The Morgan fingerprint density at radius 3 is 2.62 bits per heavy atom. The van der Waals surface area contributed by atoms with Crippen LogP contribution < -0.4 is 15.8 Å². The zero-order valence-corrected chi connectivity index (χ0v) is 14.0. The third kappa shape index (κ3) is 6.10. The molecule has 4 N–H and O–H groups in total. The van der Waals surface area contributed by atoms with Crippen LogP contribution in [0.1, 0.15) is 10.4 Å². The summed E-state index contributed by atoms with van der Waals surface area (Å²) < 4.78 is 32.0. The van der Waals surface area contributed by atoms with Gasteiger partial charge < -0.3 is 15.8 Å². The first-order valence-electron chi connectivity index (χ1n) is 6.16. The van der Waals surface area contributed by atoms with Crippen molar-refractivity contribution in [1.29, 1.82) is 0 Å². The Bertz CT molecular complexity index is 592. The number of sulfonamides is 1. The van der Waals surface area contributed by atoms with Crippen molar-refractivity contribution in [3.8, 4) is 0 Å². The van der Waals surface area contributed by atoms with Gasteiger partial charge in [-0.15, -0.1) is 0 Å². The number of rotatable bonds is 9. The predicted molar refractivity (Wildman–Crippen MR) is 82.6 cm³/mol. The van der Waals surface area contributed by atoms with E-state index in [0.717, 1.165) is 0 Å². The average molecular weight is 380 g/mol. The van der Waals surface area contributed by atoms with Crippen LogP contribution in [-0.4, -0.2) is 47.7 Å². The minimum atomic E-state index is -3.69. The van der Waals surface area contributed by atoms with Gasteiger partial charge in [0.25, 0.3) is 0 Å². The van der Waals surface area contributed by atoms with Crippen LogP contribution in [0, 0.1) is 0 Å². The van der Waals surface area contributed by atoms with Gasteiger partial charge in [0.15, 0.2) is 0 Å². The highest BCUT2D eigenvalue weighted by Crippen LogP contribution is 2.19. The van der Waals surface area contributed by atoms with E-state index in [1.165, 1.54) is 18.2 Å². The molecule has 0 aliphatic heterocycles. The van der Waals surface area contributed by atoms with E-state index >= 15 is 0 Å². The molecular weight excluding hydrogens is 362 g/mol. The zero-order valence-electron chi connectivity index (χ0n) is 11.6. The normalized spacial score (nSPS) is 11.5. The number of primary amides is 1. The molecule has 21 heavy (non-hydrogen) atoms. The van der Waals surface area contributed by atoms with Gasteiger partial charge in [-0.2, -0.15) is 0 Å². The maximum Gasteiger partial charge on any atom is 0.248 e. The van der Waals surface area contributed by atoms with Crippen LogP contribution in [0.3, 0.4) is 0 Å². The molecule has 0 aromatic heterocycles. The summed E-state index contributed by atoms with van der Waals surface area (Å²) in [7, 11) is -2.10. The summed E-state index contributed by atoms with van der Waals surface area (Å²) in [6.07, 6.45) is 0. The first kappa shape index (κ1) is 18.1. The van der Waals surface area contributed by atoms with E-state index in [-0.39, 0.29) is 17.0 Å². The molecular formula is C12H18BrN3O4S. The lowest BCUT2D eigenvalue weighted by Crippen LogP contribution is -2.33. The van der Waals surface area contributed by atoms with Crippen molar-refractivity contribution in [2.24, 2.45) is 5.73 Å². The fourth-order valence-corrected chi connectivity index (χ4v) is 3.26. The highest BCUT2D eigenvalue weighted by Gasteiger charge is 2.16. The van der Waals surface area contributed by atoms with Crippen LogP contribution in [0.25, 0.3) is 0 Å². The average Bonchev–Trinajstić information content (AvgIpc) is 2.42. The molecule has 0 heterocycles. The van der Waals surface area contributed by atoms with Gasteiger partial charge in [-0.25, -0.2) is 13.1 Å². The number of carbonyl (C=O) groups is 1. The Morgan fingerprint density at radius 1 is 1.29 bits per heavy atom. The minimum absolute atomic E-state index is 0.0115. The highest BCUT2D eigenvalue weighted by molar-refractivity contribution is 9.10.